The zero-order valence-corrected chi connectivity index (χ0v) is 23.3. The molecule has 3 saturated carbocycles. The third-order valence-corrected chi connectivity index (χ3v) is 9.97. The molecule has 4 nitrogen and oxygen atoms in total. The number of carbonyl (C=O) groups is 1. The smallest absolute Gasteiger partial charge is 0.420 e. The van der Waals surface area contributed by atoms with Crippen LogP contribution >= 0.6 is 0 Å². The summed E-state index contributed by atoms with van der Waals surface area (Å²) in [5.41, 5.74) is -0.0915. The molecule has 5 rings (SSSR count). The van der Waals surface area contributed by atoms with E-state index in [4.69, 9.17) is 4.74 Å². The molecule has 3 aliphatic rings. The van der Waals surface area contributed by atoms with E-state index >= 15 is 0 Å². The number of nitrogens with one attached hydrogen (secondary N) is 1. The van der Waals surface area contributed by atoms with E-state index in [1.54, 1.807) is 12.1 Å². The summed E-state index contributed by atoms with van der Waals surface area (Å²) in [6, 6.07) is 8.65. The third-order valence-electron chi connectivity index (χ3n) is 9.97. The Hall–Kier alpha value is -2.28. The molecule has 0 aliphatic heterocycles. The van der Waals surface area contributed by atoms with Crippen molar-refractivity contribution in [3.63, 3.8) is 0 Å². The monoisotopic (exact) mass is 545 g/mol. The fraction of sp³-hybridized carbons (Fsp3) is 0.656. The van der Waals surface area contributed by atoms with Crippen molar-refractivity contribution >= 4 is 16.7 Å². The Kier molecular flexibility index (Phi) is 7.93. The van der Waals surface area contributed by atoms with Gasteiger partial charge in [-0.05, 0) is 90.7 Å². The number of aliphatic carboxylic acids is 1. The lowest BCUT2D eigenvalue weighted by Gasteiger charge is -2.52. The quantitative estimate of drug-likeness (QED) is 0.366. The van der Waals surface area contributed by atoms with Crippen LogP contribution < -0.4 is 10.1 Å². The van der Waals surface area contributed by atoms with Gasteiger partial charge in [-0.3, -0.25) is 4.79 Å². The Labute approximate surface area is 229 Å². The highest BCUT2D eigenvalue weighted by atomic mass is 19.4. The lowest BCUT2D eigenvalue weighted by molar-refractivity contribution is -0.155. The molecule has 2 aromatic rings. The summed E-state index contributed by atoms with van der Waals surface area (Å²) in [4.78, 5) is 11.7. The van der Waals surface area contributed by atoms with Crippen LogP contribution in [0.2, 0.25) is 0 Å². The van der Waals surface area contributed by atoms with Crippen LogP contribution in [0.25, 0.3) is 10.8 Å². The second kappa shape index (κ2) is 10.9. The molecule has 2 N–H and O–H groups in total. The number of hydrogen-bond donors (Lipinski definition) is 2. The summed E-state index contributed by atoms with van der Waals surface area (Å²) < 4.78 is 49.2. The molecule has 3 aliphatic carbocycles. The molecule has 0 radical (unpaired) electrons. The Morgan fingerprint density at radius 3 is 2.33 bits per heavy atom. The standard InChI is InChI=1S/C32H42F3NO3/c1-19-9-13-23(14-10-19)39-26-16-12-21-17-22(11-15-24(21)28(26)32(33,34)35)29(20-7-5-4-6-8-20)36-27-18-25(30(37)38)31(27,2)3/h11-12,15-17,19-20,23,25,27,29,36H,4-10,13-14,18H2,1-3H3,(H,37,38). The number of carboxylic acids is 1. The highest BCUT2D eigenvalue weighted by Gasteiger charge is 2.52. The number of halogens is 3. The van der Waals surface area contributed by atoms with Gasteiger partial charge >= 0.3 is 12.1 Å². The van der Waals surface area contributed by atoms with E-state index in [9.17, 15) is 23.1 Å². The summed E-state index contributed by atoms with van der Waals surface area (Å²) in [5.74, 6) is -0.264. The average molecular weight is 546 g/mol. The van der Waals surface area contributed by atoms with Gasteiger partial charge in [0.25, 0.3) is 0 Å². The van der Waals surface area contributed by atoms with Gasteiger partial charge < -0.3 is 15.2 Å². The van der Waals surface area contributed by atoms with E-state index in [0.717, 1.165) is 56.9 Å². The van der Waals surface area contributed by atoms with Crippen LogP contribution in [-0.4, -0.2) is 23.2 Å². The summed E-state index contributed by atoms with van der Waals surface area (Å²) in [6.45, 7) is 6.17. The van der Waals surface area contributed by atoms with Gasteiger partial charge in [-0.15, -0.1) is 0 Å². The Bertz CT molecular complexity index is 1180. The van der Waals surface area contributed by atoms with Gasteiger partial charge in [0.15, 0.2) is 0 Å². The van der Waals surface area contributed by atoms with Gasteiger partial charge in [0.2, 0.25) is 0 Å². The van der Waals surface area contributed by atoms with E-state index in [1.165, 1.54) is 12.5 Å². The van der Waals surface area contributed by atoms with Crippen molar-refractivity contribution in [3.8, 4) is 5.75 Å². The largest absolute Gasteiger partial charge is 0.490 e. The molecule has 0 bridgehead atoms. The first-order valence-electron chi connectivity index (χ1n) is 14.7. The molecule has 39 heavy (non-hydrogen) atoms. The number of carboxylic acid groups (broad SMARTS) is 1. The van der Waals surface area contributed by atoms with Gasteiger partial charge in [0, 0.05) is 12.1 Å². The van der Waals surface area contributed by atoms with Crippen LogP contribution in [0, 0.1) is 23.2 Å². The highest BCUT2D eigenvalue weighted by Crippen LogP contribution is 2.49. The molecule has 3 unspecified atom stereocenters. The van der Waals surface area contributed by atoms with Gasteiger partial charge in [-0.2, -0.15) is 13.2 Å². The molecule has 3 fully saturated rings. The summed E-state index contributed by atoms with van der Waals surface area (Å²) in [5, 5.41) is 14.1. The number of ether oxygens (including phenoxy) is 1. The maximum atomic E-state index is 14.4. The SMILES string of the molecule is CC1CCC(Oc2ccc3cc(C(NC4CC(C(=O)O)C4(C)C)C4CCCCC4)ccc3c2C(F)(F)F)CC1. The van der Waals surface area contributed by atoms with E-state index in [1.807, 2.05) is 26.0 Å². The minimum atomic E-state index is -4.53. The van der Waals surface area contributed by atoms with Gasteiger partial charge in [0.1, 0.15) is 11.3 Å². The number of alkyl halides is 3. The van der Waals surface area contributed by atoms with Crippen LogP contribution in [0.3, 0.4) is 0 Å². The second-order valence-electron chi connectivity index (χ2n) is 13.0. The van der Waals surface area contributed by atoms with Gasteiger partial charge in [0.05, 0.1) is 12.0 Å². The number of rotatable bonds is 7. The van der Waals surface area contributed by atoms with E-state index < -0.39 is 23.6 Å². The van der Waals surface area contributed by atoms with Crippen LogP contribution in [0.5, 0.6) is 5.75 Å². The van der Waals surface area contributed by atoms with Crippen molar-refractivity contribution in [1.29, 1.82) is 0 Å². The van der Waals surface area contributed by atoms with Crippen molar-refractivity contribution in [1.82, 2.24) is 5.32 Å². The summed E-state index contributed by atoms with van der Waals surface area (Å²) in [6.07, 6.45) is 4.98. The molecule has 0 saturated heterocycles. The first kappa shape index (κ1) is 28.3. The molecule has 0 aromatic heterocycles. The molecule has 3 atom stereocenters. The highest BCUT2D eigenvalue weighted by molar-refractivity contribution is 5.89. The molecule has 7 heteroatoms. The van der Waals surface area contributed by atoms with Crippen LogP contribution in [-0.2, 0) is 11.0 Å². The molecule has 0 amide bonds. The van der Waals surface area contributed by atoms with Crippen LogP contribution in [0.4, 0.5) is 13.2 Å². The molecule has 214 valence electrons. The van der Waals surface area contributed by atoms with Crippen molar-refractivity contribution < 1.29 is 27.8 Å². The van der Waals surface area contributed by atoms with Gasteiger partial charge in [-0.1, -0.05) is 58.2 Å². The van der Waals surface area contributed by atoms with E-state index in [0.29, 0.717) is 23.6 Å². The molecular weight excluding hydrogens is 503 g/mol. The summed E-state index contributed by atoms with van der Waals surface area (Å²) in [7, 11) is 0. The second-order valence-corrected chi connectivity index (χ2v) is 13.0. The first-order chi connectivity index (χ1) is 18.4. The molecular formula is C32H42F3NO3. The Balaban J connectivity index is 1.47. The van der Waals surface area contributed by atoms with Gasteiger partial charge in [-0.25, -0.2) is 0 Å². The zero-order valence-electron chi connectivity index (χ0n) is 23.3. The van der Waals surface area contributed by atoms with Crippen molar-refractivity contribution in [2.75, 3.05) is 0 Å². The van der Waals surface area contributed by atoms with Crippen molar-refractivity contribution in [2.45, 2.75) is 109 Å². The number of fused-ring (bicyclic) bond motifs is 1. The minimum absolute atomic E-state index is 0.0248. The predicted molar refractivity (Wildman–Crippen MR) is 147 cm³/mol. The molecule has 2 aromatic carbocycles. The normalized spacial score (nSPS) is 28.6. The fourth-order valence-electron chi connectivity index (χ4n) is 7.26. The lowest BCUT2D eigenvalue weighted by Crippen LogP contribution is -2.60. The topological polar surface area (TPSA) is 58.6 Å². The van der Waals surface area contributed by atoms with Crippen molar-refractivity contribution in [3.05, 3.63) is 41.5 Å². The third kappa shape index (κ3) is 5.79. The predicted octanol–water partition coefficient (Wildman–Crippen LogP) is 8.53. The summed E-state index contributed by atoms with van der Waals surface area (Å²) >= 11 is 0. The minimum Gasteiger partial charge on any atom is -0.490 e. The van der Waals surface area contributed by atoms with E-state index in [2.05, 4.69) is 12.2 Å². The number of benzene rings is 2. The number of hydrogen-bond acceptors (Lipinski definition) is 3. The van der Waals surface area contributed by atoms with E-state index in [-0.39, 0.29) is 34.7 Å². The Morgan fingerprint density at radius 2 is 1.72 bits per heavy atom. The molecule has 0 spiro atoms. The lowest BCUT2D eigenvalue weighted by atomic mass is 9.58. The van der Waals surface area contributed by atoms with Crippen molar-refractivity contribution in [2.24, 2.45) is 23.2 Å². The zero-order chi connectivity index (χ0) is 27.9. The average Bonchev–Trinajstić information content (AvgIpc) is 2.89. The molecule has 0 heterocycles. The fourth-order valence-corrected chi connectivity index (χ4v) is 7.26. The maximum Gasteiger partial charge on any atom is 0.420 e. The maximum absolute atomic E-state index is 14.4. The van der Waals surface area contributed by atoms with Crippen LogP contribution in [0.15, 0.2) is 30.3 Å². The Morgan fingerprint density at radius 1 is 1.03 bits per heavy atom. The first-order valence-corrected chi connectivity index (χ1v) is 14.7. The van der Waals surface area contributed by atoms with Crippen LogP contribution in [0.1, 0.15) is 102 Å².